The lowest BCUT2D eigenvalue weighted by atomic mass is 9.95. The minimum atomic E-state index is 0.247. The summed E-state index contributed by atoms with van der Waals surface area (Å²) in [5.41, 5.74) is 1.85. The van der Waals surface area contributed by atoms with Crippen molar-refractivity contribution in [2.45, 2.75) is 58.4 Å². The van der Waals surface area contributed by atoms with E-state index in [9.17, 15) is 0 Å². The highest BCUT2D eigenvalue weighted by atomic mass is 32.1. The van der Waals surface area contributed by atoms with Crippen LogP contribution in [0.25, 0.3) is 0 Å². The molecule has 1 aliphatic carbocycles. The lowest BCUT2D eigenvalue weighted by molar-refractivity contribution is 0.604. The van der Waals surface area contributed by atoms with Crippen LogP contribution in [0.1, 0.15) is 65.2 Å². The van der Waals surface area contributed by atoms with Crippen LogP contribution in [0, 0.1) is 0 Å². The van der Waals surface area contributed by atoms with Gasteiger partial charge in [-0.2, -0.15) is 0 Å². The lowest BCUT2D eigenvalue weighted by Gasteiger charge is -2.17. The first kappa shape index (κ1) is 15.3. The van der Waals surface area contributed by atoms with Crippen molar-refractivity contribution in [3.05, 3.63) is 43.3 Å². The van der Waals surface area contributed by atoms with Crippen molar-refractivity contribution in [1.29, 1.82) is 0 Å². The molecule has 114 valence electrons. The average molecular weight is 320 g/mol. The van der Waals surface area contributed by atoms with E-state index in [1.807, 2.05) is 22.7 Å². The number of rotatable bonds is 4. The van der Waals surface area contributed by atoms with E-state index in [4.69, 9.17) is 0 Å². The van der Waals surface area contributed by atoms with Gasteiger partial charge in [0.2, 0.25) is 0 Å². The first-order valence-corrected chi connectivity index (χ1v) is 9.57. The molecule has 0 aromatic carbocycles. The normalized spacial score (nSPS) is 16.2. The molecule has 3 heteroatoms. The Kier molecular flexibility index (Phi) is 4.26. The molecular formula is C18H25NS2. The SMILES string of the molecule is CCNC(c1ccc(C(C)(C)C)s1)c1cc2c(s1)CCC2. The fourth-order valence-electron chi connectivity index (χ4n) is 2.95. The van der Waals surface area contributed by atoms with Gasteiger partial charge >= 0.3 is 0 Å². The second-order valence-electron chi connectivity index (χ2n) is 6.89. The molecule has 0 saturated carbocycles. The summed E-state index contributed by atoms with van der Waals surface area (Å²) in [6, 6.07) is 7.47. The summed E-state index contributed by atoms with van der Waals surface area (Å²) in [6.45, 7) is 10.1. The molecule has 0 bridgehead atoms. The van der Waals surface area contributed by atoms with Gasteiger partial charge in [0.1, 0.15) is 0 Å². The highest BCUT2D eigenvalue weighted by Crippen LogP contribution is 2.39. The van der Waals surface area contributed by atoms with Crippen molar-refractivity contribution in [3.63, 3.8) is 0 Å². The van der Waals surface area contributed by atoms with E-state index in [0.717, 1.165) is 6.54 Å². The van der Waals surface area contributed by atoms with Crippen LogP contribution in [0.5, 0.6) is 0 Å². The second kappa shape index (κ2) is 5.86. The van der Waals surface area contributed by atoms with Crippen LogP contribution in [-0.4, -0.2) is 6.54 Å². The topological polar surface area (TPSA) is 12.0 Å². The molecule has 1 atom stereocenters. The van der Waals surface area contributed by atoms with E-state index >= 15 is 0 Å². The highest BCUT2D eigenvalue weighted by molar-refractivity contribution is 7.13. The van der Waals surface area contributed by atoms with Crippen molar-refractivity contribution in [1.82, 2.24) is 5.32 Å². The predicted molar refractivity (Wildman–Crippen MR) is 94.9 cm³/mol. The van der Waals surface area contributed by atoms with Crippen LogP contribution < -0.4 is 5.32 Å². The molecule has 1 aliphatic rings. The van der Waals surface area contributed by atoms with Crippen molar-refractivity contribution in [2.75, 3.05) is 6.54 Å². The van der Waals surface area contributed by atoms with Crippen molar-refractivity contribution >= 4 is 22.7 Å². The molecular weight excluding hydrogens is 294 g/mol. The predicted octanol–water partition coefficient (Wildman–Crippen LogP) is 5.29. The van der Waals surface area contributed by atoms with Crippen LogP contribution in [0.4, 0.5) is 0 Å². The maximum absolute atomic E-state index is 3.69. The van der Waals surface area contributed by atoms with Gasteiger partial charge < -0.3 is 5.32 Å². The third-order valence-corrected chi connectivity index (χ3v) is 6.99. The molecule has 1 nitrogen and oxygen atoms in total. The Morgan fingerprint density at radius 2 is 1.95 bits per heavy atom. The second-order valence-corrected chi connectivity index (χ2v) is 9.18. The van der Waals surface area contributed by atoms with Crippen LogP contribution in [0.15, 0.2) is 18.2 Å². The molecule has 0 aliphatic heterocycles. The van der Waals surface area contributed by atoms with Gasteiger partial charge in [-0.1, -0.05) is 27.7 Å². The molecule has 2 heterocycles. The molecule has 0 spiro atoms. The molecule has 0 radical (unpaired) electrons. The zero-order valence-electron chi connectivity index (χ0n) is 13.5. The van der Waals surface area contributed by atoms with Gasteiger partial charge in [-0.05, 0) is 55.0 Å². The zero-order chi connectivity index (χ0) is 15.0. The first-order chi connectivity index (χ1) is 9.99. The summed E-state index contributed by atoms with van der Waals surface area (Å²) in [7, 11) is 0. The van der Waals surface area contributed by atoms with E-state index in [1.54, 1.807) is 10.4 Å². The molecule has 3 rings (SSSR count). The summed E-state index contributed by atoms with van der Waals surface area (Å²) < 4.78 is 0. The largest absolute Gasteiger partial charge is 0.305 e. The number of fused-ring (bicyclic) bond motifs is 1. The Morgan fingerprint density at radius 3 is 2.57 bits per heavy atom. The van der Waals surface area contributed by atoms with E-state index in [0.29, 0.717) is 6.04 Å². The smallest absolute Gasteiger partial charge is 0.0765 e. The fourth-order valence-corrected chi connectivity index (χ4v) is 5.54. The van der Waals surface area contributed by atoms with Crippen LogP contribution in [0.3, 0.4) is 0 Å². The molecule has 0 amide bonds. The van der Waals surface area contributed by atoms with Gasteiger partial charge in [-0.15, -0.1) is 22.7 Å². The van der Waals surface area contributed by atoms with E-state index in [2.05, 4.69) is 51.2 Å². The van der Waals surface area contributed by atoms with Crippen molar-refractivity contribution in [2.24, 2.45) is 0 Å². The number of aryl methyl sites for hydroxylation is 2. The Balaban J connectivity index is 1.92. The van der Waals surface area contributed by atoms with Gasteiger partial charge in [-0.25, -0.2) is 0 Å². The third kappa shape index (κ3) is 3.10. The molecule has 2 aromatic heterocycles. The number of hydrogen-bond acceptors (Lipinski definition) is 3. The highest BCUT2D eigenvalue weighted by Gasteiger charge is 2.24. The van der Waals surface area contributed by atoms with E-state index in [-0.39, 0.29) is 5.41 Å². The zero-order valence-corrected chi connectivity index (χ0v) is 15.1. The molecule has 0 saturated heterocycles. The number of nitrogens with one attached hydrogen (secondary N) is 1. The van der Waals surface area contributed by atoms with Gasteiger partial charge in [-0.3, -0.25) is 0 Å². The molecule has 1 unspecified atom stereocenters. The van der Waals surface area contributed by atoms with Gasteiger partial charge in [0.05, 0.1) is 6.04 Å². The third-order valence-electron chi connectivity index (χ3n) is 4.11. The molecule has 21 heavy (non-hydrogen) atoms. The summed E-state index contributed by atoms with van der Waals surface area (Å²) in [5.74, 6) is 0. The maximum atomic E-state index is 3.69. The molecule has 1 N–H and O–H groups in total. The van der Waals surface area contributed by atoms with Gasteiger partial charge in [0.25, 0.3) is 0 Å². The van der Waals surface area contributed by atoms with Crippen LogP contribution >= 0.6 is 22.7 Å². The summed E-state index contributed by atoms with van der Waals surface area (Å²) >= 11 is 3.99. The Bertz CT molecular complexity index is 594. The summed E-state index contributed by atoms with van der Waals surface area (Å²) in [4.78, 5) is 6.07. The average Bonchev–Trinajstić information content (AvgIpc) is 3.09. The molecule has 0 fully saturated rings. The van der Waals surface area contributed by atoms with Gasteiger partial charge in [0.15, 0.2) is 0 Å². The number of thiophene rings is 2. The monoisotopic (exact) mass is 319 g/mol. The lowest BCUT2D eigenvalue weighted by Crippen LogP contribution is -2.20. The fraction of sp³-hybridized carbons (Fsp3) is 0.556. The minimum absolute atomic E-state index is 0.247. The van der Waals surface area contributed by atoms with E-state index in [1.165, 1.54) is 33.9 Å². The van der Waals surface area contributed by atoms with Crippen molar-refractivity contribution < 1.29 is 0 Å². The maximum Gasteiger partial charge on any atom is 0.0765 e. The number of hydrogen-bond donors (Lipinski definition) is 1. The Hall–Kier alpha value is -0.640. The van der Waals surface area contributed by atoms with E-state index < -0.39 is 0 Å². The Labute approximate surface area is 136 Å². The minimum Gasteiger partial charge on any atom is -0.305 e. The summed E-state index contributed by atoms with van der Waals surface area (Å²) in [6.07, 6.45) is 3.92. The standard InChI is InChI=1S/C18H25NS2/c1-5-19-17(14-9-10-16(21-14)18(2,3)4)15-11-12-7-6-8-13(12)20-15/h9-11,17,19H,5-8H2,1-4H3. The first-order valence-electron chi connectivity index (χ1n) is 7.94. The van der Waals surface area contributed by atoms with Crippen molar-refractivity contribution in [3.8, 4) is 0 Å². The van der Waals surface area contributed by atoms with Crippen LogP contribution in [-0.2, 0) is 18.3 Å². The summed E-state index contributed by atoms with van der Waals surface area (Å²) in [5, 5.41) is 3.69. The van der Waals surface area contributed by atoms with Crippen LogP contribution in [0.2, 0.25) is 0 Å². The quantitative estimate of drug-likeness (QED) is 0.807. The Morgan fingerprint density at radius 1 is 1.14 bits per heavy atom. The molecule has 2 aromatic rings. The van der Waals surface area contributed by atoms with Gasteiger partial charge in [0, 0.05) is 19.5 Å².